The fourth-order valence-corrected chi connectivity index (χ4v) is 5.35. The Morgan fingerprint density at radius 3 is 2.65 bits per heavy atom. The molecule has 0 radical (unpaired) electrons. The van der Waals surface area contributed by atoms with Crippen molar-refractivity contribution in [1.29, 1.82) is 0 Å². The van der Waals surface area contributed by atoms with E-state index in [4.69, 9.17) is 16.3 Å². The van der Waals surface area contributed by atoms with Gasteiger partial charge in [-0.15, -0.1) is 0 Å². The third kappa shape index (κ3) is 5.88. The number of aliphatic hydroxyl groups excluding tert-OH is 1. The Morgan fingerprint density at radius 2 is 1.94 bits per heavy atom. The van der Waals surface area contributed by atoms with Crippen molar-refractivity contribution in [2.45, 2.75) is 44.7 Å². The van der Waals surface area contributed by atoms with Crippen LogP contribution in [0.5, 0.6) is 5.75 Å². The molecule has 4 rings (SSSR count). The molecular weight excluding hydrogens is 451 g/mol. The number of alkyl halides is 1. The predicted molar refractivity (Wildman–Crippen MR) is 136 cm³/mol. The monoisotopic (exact) mass is 484 g/mol. The number of ether oxygens (including phenoxy) is 1. The van der Waals surface area contributed by atoms with Gasteiger partial charge in [-0.1, -0.05) is 41.9 Å². The minimum atomic E-state index is -1.22. The second kappa shape index (κ2) is 11.5. The minimum absolute atomic E-state index is 0.0935. The summed E-state index contributed by atoms with van der Waals surface area (Å²) in [5.74, 6) is 0.650. The maximum absolute atomic E-state index is 15.6. The lowest BCUT2D eigenvalue weighted by Crippen LogP contribution is -2.42. The van der Waals surface area contributed by atoms with Crippen LogP contribution in [0.3, 0.4) is 0 Å². The molecule has 1 aliphatic rings. The zero-order valence-electron chi connectivity index (χ0n) is 19.9. The number of methoxy groups -OCH3 is 1. The SMILES string of the molecule is COc1ccc2ncc(Cl)c(C(F)CCC3(CO)CCN(CCCc4ccccc4)CC3)c2c1. The van der Waals surface area contributed by atoms with Crippen LogP contribution in [0.15, 0.2) is 54.7 Å². The van der Waals surface area contributed by atoms with Crippen LogP contribution in [0, 0.1) is 5.41 Å². The lowest BCUT2D eigenvalue weighted by Gasteiger charge is -2.41. The van der Waals surface area contributed by atoms with E-state index in [9.17, 15) is 5.11 Å². The molecule has 182 valence electrons. The van der Waals surface area contributed by atoms with E-state index in [1.54, 1.807) is 13.2 Å². The number of pyridine rings is 1. The number of likely N-dealkylation sites (tertiary alicyclic amines) is 1. The van der Waals surface area contributed by atoms with E-state index < -0.39 is 6.17 Å². The van der Waals surface area contributed by atoms with E-state index in [0.29, 0.717) is 40.1 Å². The summed E-state index contributed by atoms with van der Waals surface area (Å²) in [5.41, 5.74) is 2.31. The summed E-state index contributed by atoms with van der Waals surface area (Å²) in [6, 6.07) is 16.0. The molecule has 1 N–H and O–H groups in total. The number of aromatic nitrogens is 1. The van der Waals surface area contributed by atoms with Crippen LogP contribution in [-0.2, 0) is 6.42 Å². The lowest BCUT2D eigenvalue weighted by molar-refractivity contribution is 0.0300. The molecule has 0 bridgehead atoms. The molecule has 6 heteroatoms. The molecule has 34 heavy (non-hydrogen) atoms. The largest absolute Gasteiger partial charge is 0.497 e. The Morgan fingerprint density at radius 1 is 1.18 bits per heavy atom. The molecule has 1 aromatic heterocycles. The van der Waals surface area contributed by atoms with Gasteiger partial charge in [0, 0.05) is 23.8 Å². The Balaban J connectivity index is 1.34. The van der Waals surface area contributed by atoms with Crippen molar-refractivity contribution < 1.29 is 14.2 Å². The summed E-state index contributed by atoms with van der Waals surface area (Å²) in [6.45, 7) is 3.05. The van der Waals surface area contributed by atoms with Gasteiger partial charge >= 0.3 is 0 Å². The van der Waals surface area contributed by atoms with Gasteiger partial charge in [0.05, 0.1) is 17.6 Å². The van der Waals surface area contributed by atoms with Crippen LogP contribution in [-0.4, -0.2) is 48.3 Å². The summed E-state index contributed by atoms with van der Waals surface area (Å²) in [5, 5.41) is 11.3. The van der Waals surface area contributed by atoms with Gasteiger partial charge in [-0.3, -0.25) is 4.98 Å². The van der Waals surface area contributed by atoms with Gasteiger partial charge in [0.25, 0.3) is 0 Å². The highest BCUT2D eigenvalue weighted by molar-refractivity contribution is 6.32. The second-order valence-corrected chi connectivity index (χ2v) is 9.91. The van der Waals surface area contributed by atoms with Crippen LogP contribution >= 0.6 is 11.6 Å². The number of piperidine rings is 1. The van der Waals surface area contributed by atoms with Gasteiger partial charge in [-0.05, 0) is 87.3 Å². The normalized spacial score (nSPS) is 17.1. The van der Waals surface area contributed by atoms with Crippen LogP contribution in [0.25, 0.3) is 10.9 Å². The van der Waals surface area contributed by atoms with Crippen molar-refractivity contribution in [3.05, 3.63) is 70.9 Å². The van der Waals surface area contributed by atoms with Gasteiger partial charge in [0.15, 0.2) is 0 Å². The van der Waals surface area contributed by atoms with Crippen molar-refractivity contribution in [2.75, 3.05) is 33.4 Å². The number of aryl methyl sites for hydroxylation is 1. The lowest BCUT2D eigenvalue weighted by atomic mass is 9.74. The van der Waals surface area contributed by atoms with E-state index in [1.165, 1.54) is 11.8 Å². The number of rotatable bonds is 10. The Kier molecular flexibility index (Phi) is 8.41. The third-order valence-corrected chi connectivity index (χ3v) is 7.65. The molecule has 1 atom stereocenters. The Bertz CT molecular complexity index is 1070. The summed E-state index contributed by atoms with van der Waals surface area (Å²) in [4.78, 5) is 6.81. The molecule has 0 aliphatic carbocycles. The highest BCUT2D eigenvalue weighted by atomic mass is 35.5. The first kappa shape index (κ1) is 24.9. The molecule has 4 nitrogen and oxygen atoms in total. The molecule has 1 saturated heterocycles. The molecule has 1 unspecified atom stereocenters. The minimum Gasteiger partial charge on any atom is -0.497 e. The topological polar surface area (TPSA) is 45.6 Å². The molecule has 1 fully saturated rings. The number of halogens is 2. The molecule has 0 saturated carbocycles. The molecular formula is C28H34ClFN2O2. The number of nitrogens with zero attached hydrogens (tertiary/aromatic N) is 2. The molecule has 0 amide bonds. The molecule has 3 aromatic rings. The van der Waals surface area contributed by atoms with Crippen molar-refractivity contribution >= 4 is 22.5 Å². The molecule has 1 aliphatic heterocycles. The van der Waals surface area contributed by atoms with Crippen molar-refractivity contribution in [3.63, 3.8) is 0 Å². The van der Waals surface area contributed by atoms with Gasteiger partial charge in [-0.2, -0.15) is 0 Å². The van der Waals surface area contributed by atoms with E-state index >= 15 is 4.39 Å². The Labute approximate surface area is 206 Å². The Hall–Kier alpha value is -2.21. The first-order valence-corrected chi connectivity index (χ1v) is 12.5. The summed E-state index contributed by atoms with van der Waals surface area (Å²) in [7, 11) is 1.59. The fraction of sp³-hybridized carbons (Fsp3) is 0.464. The first-order valence-electron chi connectivity index (χ1n) is 12.2. The number of hydrogen-bond donors (Lipinski definition) is 1. The maximum Gasteiger partial charge on any atom is 0.127 e. The smallest absolute Gasteiger partial charge is 0.127 e. The molecule has 2 heterocycles. The van der Waals surface area contributed by atoms with Crippen LogP contribution in [0.2, 0.25) is 5.02 Å². The zero-order valence-corrected chi connectivity index (χ0v) is 20.6. The van der Waals surface area contributed by atoms with Gasteiger partial charge in [-0.25, -0.2) is 4.39 Å². The highest BCUT2D eigenvalue weighted by Crippen LogP contribution is 2.41. The van der Waals surface area contributed by atoms with Gasteiger partial charge in [0.1, 0.15) is 11.9 Å². The number of fused-ring (bicyclic) bond motifs is 1. The maximum atomic E-state index is 15.6. The standard InChI is InChI=1S/C28H34ClFN2O2/c1-34-22-9-10-26-23(18-22)27(24(29)19-31-26)25(30)11-12-28(20-33)13-16-32(17-14-28)15-5-8-21-6-3-2-4-7-21/h2-4,6-7,9-10,18-19,25,33H,5,8,11-17,20H2,1H3. The van der Waals surface area contributed by atoms with E-state index in [0.717, 1.165) is 45.3 Å². The summed E-state index contributed by atoms with van der Waals surface area (Å²) < 4.78 is 20.9. The highest BCUT2D eigenvalue weighted by Gasteiger charge is 2.35. The van der Waals surface area contributed by atoms with Crippen molar-refractivity contribution in [2.24, 2.45) is 5.41 Å². The fourth-order valence-electron chi connectivity index (χ4n) is 5.08. The first-order chi connectivity index (χ1) is 16.5. The number of aliphatic hydroxyl groups is 1. The van der Waals surface area contributed by atoms with E-state index in [-0.39, 0.29) is 12.0 Å². The molecule has 2 aromatic carbocycles. The van der Waals surface area contributed by atoms with Gasteiger partial charge < -0.3 is 14.7 Å². The predicted octanol–water partition coefficient (Wildman–Crippen LogP) is 6.39. The average Bonchev–Trinajstić information content (AvgIpc) is 2.88. The molecule has 0 spiro atoms. The zero-order chi connectivity index (χ0) is 24.0. The van der Waals surface area contributed by atoms with Crippen molar-refractivity contribution in [3.8, 4) is 5.75 Å². The van der Waals surface area contributed by atoms with E-state index in [1.807, 2.05) is 18.2 Å². The number of benzene rings is 2. The number of hydrogen-bond acceptors (Lipinski definition) is 4. The quantitative estimate of drug-likeness (QED) is 0.362. The summed E-state index contributed by atoms with van der Waals surface area (Å²) in [6.07, 6.45) is 5.24. The average molecular weight is 485 g/mol. The third-order valence-electron chi connectivity index (χ3n) is 7.34. The second-order valence-electron chi connectivity index (χ2n) is 9.50. The van der Waals surface area contributed by atoms with Crippen LogP contribution < -0.4 is 4.74 Å². The van der Waals surface area contributed by atoms with Crippen LogP contribution in [0.4, 0.5) is 4.39 Å². The summed E-state index contributed by atoms with van der Waals surface area (Å²) >= 11 is 6.40. The van der Waals surface area contributed by atoms with Crippen LogP contribution in [0.1, 0.15) is 49.4 Å². The van der Waals surface area contributed by atoms with Gasteiger partial charge in [0.2, 0.25) is 0 Å². The van der Waals surface area contributed by atoms with Crippen molar-refractivity contribution in [1.82, 2.24) is 9.88 Å². The van der Waals surface area contributed by atoms with E-state index in [2.05, 4.69) is 34.1 Å².